The van der Waals surface area contributed by atoms with Gasteiger partial charge in [0.05, 0.1) is 40.3 Å². The van der Waals surface area contributed by atoms with Gasteiger partial charge < -0.3 is 28.6 Å². The first-order chi connectivity index (χ1) is 29.6. The number of quaternary nitrogens is 1. The maximum absolute atomic E-state index is 12.8. The van der Waals surface area contributed by atoms with Gasteiger partial charge in [-0.15, -0.1) is 0 Å². The summed E-state index contributed by atoms with van der Waals surface area (Å²) in [5.74, 6) is -1.78. The van der Waals surface area contributed by atoms with Crippen molar-refractivity contribution in [3.05, 3.63) is 72.9 Å². The van der Waals surface area contributed by atoms with Crippen LogP contribution in [0.5, 0.6) is 0 Å². The van der Waals surface area contributed by atoms with E-state index in [0.29, 0.717) is 6.42 Å². The normalized spacial score (nSPS) is 13.5. The van der Waals surface area contributed by atoms with E-state index in [1.165, 1.54) is 77.0 Å². The molecule has 0 saturated carbocycles. The van der Waals surface area contributed by atoms with Crippen molar-refractivity contribution >= 4 is 17.9 Å². The van der Waals surface area contributed by atoms with Crippen LogP contribution in [-0.2, 0) is 28.6 Å². The molecule has 8 heteroatoms. The van der Waals surface area contributed by atoms with E-state index in [9.17, 15) is 19.5 Å². The Morgan fingerprint density at radius 2 is 0.918 bits per heavy atom. The summed E-state index contributed by atoms with van der Waals surface area (Å²) in [4.78, 5) is 37.0. The summed E-state index contributed by atoms with van der Waals surface area (Å²) in [6.07, 6.45) is 54.9. The number of rotatable bonds is 43. The highest BCUT2D eigenvalue weighted by atomic mass is 16.6. The Hall–Kier alpha value is -3.23. The second-order valence-electron chi connectivity index (χ2n) is 17.3. The smallest absolute Gasteiger partial charge is 0.306 e. The average Bonchev–Trinajstić information content (AvgIpc) is 3.22. The van der Waals surface area contributed by atoms with Gasteiger partial charge in [-0.3, -0.25) is 9.59 Å². The first kappa shape index (κ1) is 57.8. The number of likely N-dealkylation sites (N-methyl/N-ethyl adjacent to an activating group) is 1. The Kier molecular flexibility index (Phi) is 41.1. The number of esters is 2. The second kappa shape index (κ2) is 43.4. The summed E-state index contributed by atoms with van der Waals surface area (Å²) in [6.45, 7) is 4.51. The second-order valence-corrected chi connectivity index (χ2v) is 17.3. The van der Waals surface area contributed by atoms with E-state index in [-0.39, 0.29) is 49.1 Å². The van der Waals surface area contributed by atoms with Crippen molar-refractivity contribution in [2.75, 3.05) is 41.0 Å². The molecule has 0 N–H and O–H groups in total. The molecule has 0 aliphatic rings. The highest BCUT2D eigenvalue weighted by molar-refractivity contribution is 5.70. The molecular weight excluding hydrogens is 763 g/mol. The van der Waals surface area contributed by atoms with Crippen LogP contribution in [0, 0.1) is 0 Å². The first-order valence-electron chi connectivity index (χ1n) is 24.5. The van der Waals surface area contributed by atoms with Gasteiger partial charge in [0.25, 0.3) is 0 Å². The maximum Gasteiger partial charge on any atom is 0.306 e. The van der Waals surface area contributed by atoms with Crippen molar-refractivity contribution in [3.8, 4) is 0 Å². The van der Waals surface area contributed by atoms with Crippen molar-refractivity contribution in [1.82, 2.24) is 0 Å². The number of ether oxygens (including phenoxy) is 3. The van der Waals surface area contributed by atoms with Crippen LogP contribution < -0.4 is 5.11 Å². The number of allylic oxidation sites excluding steroid dienone is 12. The Balaban J connectivity index is 4.36. The highest BCUT2D eigenvalue weighted by Crippen LogP contribution is 2.14. The summed E-state index contributed by atoms with van der Waals surface area (Å²) < 4.78 is 17.2. The minimum absolute atomic E-state index is 0.0259. The van der Waals surface area contributed by atoms with Gasteiger partial charge in [0.1, 0.15) is 12.6 Å². The molecule has 0 aromatic carbocycles. The first-order valence-corrected chi connectivity index (χ1v) is 24.5. The largest absolute Gasteiger partial charge is 0.544 e. The van der Waals surface area contributed by atoms with Crippen molar-refractivity contribution in [1.29, 1.82) is 0 Å². The predicted molar refractivity (Wildman–Crippen MR) is 254 cm³/mol. The van der Waals surface area contributed by atoms with Gasteiger partial charge in [-0.2, -0.15) is 0 Å². The fourth-order valence-electron chi connectivity index (χ4n) is 6.80. The summed E-state index contributed by atoms with van der Waals surface area (Å²) in [5.41, 5.74) is 0. The number of aliphatic carboxylic acids is 1. The number of unbranched alkanes of at least 4 members (excludes halogenated alkanes) is 17. The molecule has 0 aromatic rings. The molecule has 0 aliphatic carbocycles. The Labute approximate surface area is 374 Å². The van der Waals surface area contributed by atoms with E-state index in [1.54, 1.807) is 21.1 Å². The summed E-state index contributed by atoms with van der Waals surface area (Å²) in [6, 6.07) is -0.735. The monoisotopic (exact) mass is 854 g/mol. The summed E-state index contributed by atoms with van der Waals surface area (Å²) >= 11 is 0. The van der Waals surface area contributed by atoms with Crippen LogP contribution in [-0.4, -0.2) is 75.5 Å². The lowest BCUT2D eigenvalue weighted by molar-refractivity contribution is -0.889. The summed E-state index contributed by atoms with van der Waals surface area (Å²) in [7, 11) is 5.40. The third-order valence-electron chi connectivity index (χ3n) is 10.6. The highest BCUT2D eigenvalue weighted by Gasteiger charge is 2.25. The molecular formula is C53H91NO7. The van der Waals surface area contributed by atoms with E-state index in [0.717, 1.165) is 83.5 Å². The fraction of sp³-hybridized carbons (Fsp3) is 0.717. The lowest BCUT2D eigenvalue weighted by Crippen LogP contribution is -2.55. The minimum atomic E-state index is -1.13. The molecule has 0 fully saturated rings. The van der Waals surface area contributed by atoms with Crippen molar-refractivity contribution in [2.24, 2.45) is 0 Å². The summed E-state index contributed by atoms with van der Waals surface area (Å²) in [5, 5.41) is 11.7. The number of carboxylic acid groups (broad SMARTS) is 1. The number of carboxylic acids is 1. The van der Waals surface area contributed by atoms with Crippen LogP contribution in [0.4, 0.5) is 0 Å². The van der Waals surface area contributed by atoms with Crippen molar-refractivity contribution in [3.63, 3.8) is 0 Å². The standard InChI is InChI=1S/C53H91NO7/c1-6-8-10-12-14-16-18-20-22-24-25-26-28-30-32-34-36-38-40-42-44-52(56)61-49(47-59-46-45-50(53(57)58)54(3,4)5)48-60-51(55)43-41-39-37-35-33-31-29-27-23-21-19-17-15-13-11-9-7-2/h8,10,14,16,20-23,25-26,30,32,49-50H,6-7,9,11-13,15,17-19,24,27-29,31,33-48H2,1-5H3/b10-8+,16-14+,22-20+,23-21+,26-25+,32-30+. The molecule has 0 aromatic heterocycles. The molecule has 0 radical (unpaired) electrons. The predicted octanol–water partition coefficient (Wildman–Crippen LogP) is 12.6. The number of hydrogen-bond donors (Lipinski definition) is 0. The molecule has 8 nitrogen and oxygen atoms in total. The number of nitrogens with zero attached hydrogens (tertiary/aromatic N) is 1. The molecule has 0 amide bonds. The van der Waals surface area contributed by atoms with Crippen LogP contribution in [0.2, 0.25) is 0 Å². The quantitative estimate of drug-likeness (QED) is 0.0260. The van der Waals surface area contributed by atoms with Crippen LogP contribution in [0.15, 0.2) is 72.9 Å². The van der Waals surface area contributed by atoms with Crippen LogP contribution >= 0.6 is 0 Å². The van der Waals surface area contributed by atoms with Gasteiger partial charge in [0, 0.05) is 19.3 Å². The van der Waals surface area contributed by atoms with Gasteiger partial charge >= 0.3 is 11.9 Å². The van der Waals surface area contributed by atoms with Gasteiger partial charge in [0.15, 0.2) is 6.10 Å². The van der Waals surface area contributed by atoms with E-state index in [1.807, 2.05) is 0 Å². The number of hydrogen-bond acceptors (Lipinski definition) is 7. The Morgan fingerprint density at radius 3 is 1.38 bits per heavy atom. The SMILES string of the molecule is CC/C=C/C/C=C/C/C=C/C/C=C/C/C=C/CCCCCCC(=O)OC(COCCC(C(=O)[O-])[N+](C)(C)C)COC(=O)CCCCCCCCC/C=C/CCCCCCCC. The lowest BCUT2D eigenvalue weighted by Gasteiger charge is -2.34. The van der Waals surface area contributed by atoms with Gasteiger partial charge in [0.2, 0.25) is 0 Å². The zero-order valence-electron chi connectivity index (χ0n) is 39.8. The molecule has 0 aliphatic heterocycles. The zero-order valence-corrected chi connectivity index (χ0v) is 39.8. The van der Waals surface area contributed by atoms with Gasteiger partial charge in [-0.05, 0) is 83.5 Å². The molecule has 0 saturated heterocycles. The van der Waals surface area contributed by atoms with E-state index in [4.69, 9.17) is 14.2 Å². The molecule has 61 heavy (non-hydrogen) atoms. The third-order valence-corrected chi connectivity index (χ3v) is 10.6. The minimum Gasteiger partial charge on any atom is -0.544 e. The molecule has 2 atom stereocenters. The number of carbonyl (C=O) groups excluding carboxylic acids is 3. The molecule has 2 unspecified atom stereocenters. The van der Waals surface area contributed by atoms with E-state index < -0.39 is 18.1 Å². The average molecular weight is 854 g/mol. The Bertz CT molecular complexity index is 1230. The van der Waals surface area contributed by atoms with E-state index >= 15 is 0 Å². The van der Waals surface area contributed by atoms with Crippen molar-refractivity contribution in [2.45, 2.75) is 206 Å². The number of carbonyl (C=O) groups is 3. The van der Waals surface area contributed by atoms with Crippen LogP contribution in [0.3, 0.4) is 0 Å². The molecule has 350 valence electrons. The van der Waals surface area contributed by atoms with Crippen LogP contribution in [0.25, 0.3) is 0 Å². The lowest BCUT2D eigenvalue weighted by atomic mass is 10.1. The third kappa shape index (κ3) is 41.9. The molecule has 0 rings (SSSR count). The molecule has 0 heterocycles. The zero-order chi connectivity index (χ0) is 44.9. The fourth-order valence-corrected chi connectivity index (χ4v) is 6.80. The topological polar surface area (TPSA) is 102 Å². The maximum atomic E-state index is 12.8. The van der Waals surface area contributed by atoms with E-state index in [2.05, 4.69) is 86.8 Å². The van der Waals surface area contributed by atoms with Crippen LogP contribution in [0.1, 0.15) is 194 Å². The van der Waals surface area contributed by atoms with Crippen molar-refractivity contribution < 1.29 is 38.2 Å². The molecule has 0 spiro atoms. The van der Waals surface area contributed by atoms with Gasteiger partial charge in [-0.25, -0.2) is 0 Å². The van der Waals surface area contributed by atoms with Gasteiger partial charge in [-0.1, -0.05) is 164 Å². The Morgan fingerprint density at radius 1 is 0.508 bits per heavy atom. The molecule has 0 bridgehead atoms.